The van der Waals surface area contributed by atoms with Crippen molar-refractivity contribution in [2.24, 2.45) is 0 Å². The number of fused-ring (bicyclic) bond motifs is 1. The average molecular weight is 396 g/mol. The van der Waals surface area contributed by atoms with Gasteiger partial charge in [0.05, 0.1) is 11.3 Å². The number of esters is 1. The molecule has 4 aromatic rings. The van der Waals surface area contributed by atoms with Crippen LogP contribution in [0.2, 0.25) is 0 Å². The number of anilines is 3. The Morgan fingerprint density at radius 2 is 1.37 bits per heavy atom. The summed E-state index contributed by atoms with van der Waals surface area (Å²) in [5, 5.41) is 7.96. The third-order valence-corrected chi connectivity index (χ3v) is 4.60. The van der Waals surface area contributed by atoms with E-state index in [4.69, 9.17) is 4.74 Å². The number of benzene rings is 4. The van der Waals surface area contributed by atoms with Crippen molar-refractivity contribution in [3.05, 3.63) is 103 Å². The fourth-order valence-corrected chi connectivity index (χ4v) is 3.18. The second-order valence-corrected chi connectivity index (χ2v) is 6.69. The Morgan fingerprint density at radius 3 is 2.23 bits per heavy atom. The Morgan fingerprint density at radius 1 is 0.700 bits per heavy atom. The maximum Gasteiger partial charge on any atom is 0.340 e. The molecule has 0 bridgehead atoms. The Balaban J connectivity index is 1.42. The van der Waals surface area contributed by atoms with E-state index < -0.39 is 11.9 Å². The first-order valence-corrected chi connectivity index (χ1v) is 9.56. The molecule has 0 fully saturated rings. The first-order valence-electron chi connectivity index (χ1n) is 9.56. The summed E-state index contributed by atoms with van der Waals surface area (Å²) in [6, 6.07) is 30.0. The second kappa shape index (κ2) is 8.92. The van der Waals surface area contributed by atoms with Crippen molar-refractivity contribution < 1.29 is 14.3 Å². The van der Waals surface area contributed by atoms with E-state index in [1.54, 1.807) is 18.2 Å². The Bertz CT molecular complexity index is 1180. The summed E-state index contributed by atoms with van der Waals surface area (Å²) in [7, 11) is 0. The maximum absolute atomic E-state index is 12.6. The molecule has 5 nitrogen and oxygen atoms in total. The van der Waals surface area contributed by atoms with Crippen LogP contribution in [0, 0.1) is 0 Å². The number of rotatable bonds is 6. The molecule has 0 aliphatic rings. The van der Waals surface area contributed by atoms with Gasteiger partial charge in [0, 0.05) is 16.8 Å². The zero-order valence-corrected chi connectivity index (χ0v) is 16.2. The first-order chi connectivity index (χ1) is 14.7. The lowest BCUT2D eigenvalue weighted by atomic mass is 10.1. The number of amides is 1. The van der Waals surface area contributed by atoms with Crippen LogP contribution in [0.5, 0.6) is 0 Å². The summed E-state index contributed by atoms with van der Waals surface area (Å²) in [5.74, 6) is -0.963. The minimum Gasteiger partial charge on any atom is -0.452 e. The minimum absolute atomic E-state index is 0.360. The van der Waals surface area contributed by atoms with E-state index in [0.717, 1.165) is 16.5 Å². The van der Waals surface area contributed by atoms with Gasteiger partial charge in [-0.05, 0) is 35.7 Å². The summed E-state index contributed by atoms with van der Waals surface area (Å²) in [5.41, 5.74) is 2.51. The van der Waals surface area contributed by atoms with E-state index >= 15 is 0 Å². The van der Waals surface area contributed by atoms with Gasteiger partial charge in [0.2, 0.25) is 0 Å². The fourth-order valence-electron chi connectivity index (χ4n) is 3.18. The van der Waals surface area contributed by atoms with Gasteiger partial charge in [0.1, 0.15) is 0 Å². The second-order valence-electron chi connectivity index (χ2n) is 6.69. The SMILES string of the molecule is O=C(COC(=O)c1ccccc1Nc1ccccc1)Nc1cccc2ccccc12. The molecular formula is C25H20N2O3. The number of carbonyl (C=O) groups excluding carboxylic acids is 2. The number of hydrogen-bond acceptors (Lipinski definition) is 4. The largest absolute Gasteiger partial charge is 0.452 e. The van der Waals surface area contributed by atoms with Crippen molar-refractivity contribution in [3.63, 3.8) is 0 Å². The zero-order valence-electron chi connectivity index (χ0n) is 16.2. The number of carbonyl (C=O) groups is 2. The lowest BCUT2D eigenvalue weighted by molar-refractivity contribution is -0.119. The molecule has 4 aromatic carbocycles. The summed E-state index contributed by atoms with van der Waals surface area (Å²) in [4.78, 5) is 24.9. The monoisotopic (exact) mass is 396 g/mol. The highest BCUT2D eigenvalue weighted by Crippen LogP contribution is 2.23. The quantitative estimate of drug-likeness (QED) is 0.430. The highest BCUT2D eigenvalue weighted by Gasteiger charge is 2.15. The highest BCUT2D eigenvalue weighted by molar-refractivity contribution is 6.03. The molecule has 0 heterocycles. The Hall–Kier alpha value is -4.12. The van der Waals surface area contributed by atoms with Crippen LogP contribution in [0.15, 0.2) is 97.1 Å². The van der Waals surface area contributed by atoms with Crippen LogP contribution in [-0.2, 0) is 9.53 Å². The topological polar surface area (TPSA) is 67.4 Å². The molecule has 0 atom stereocenters. The van der Waals surface area contributed by atoms with Gasteiger partial charge in [-0.2, -0.15) is 0 Å². The molecule has 1 amide bonds. The minimum atomic E-state index is -0.567. The summed E-state index contributed by atoms with van der Waals surface area (Å²) >= 11 is 0. The molecular weight excluding hydrogens is 376 g/mol. The van der Waals surface area contributed by atoms with E-state index in [-0.39, 0.29) is 6.61 Å². The standard InChI is InChI=1S/C25H20N2O3/c28-24(27-22-16-8-10-18-9-4-5-13-20(18)22)17-30-25(29)21-14-6-7-15-23(21)26-19-11-2-1-3-12-19/h1-16,26H,17H2,(H,27,28). The molecule has 4 rings (SSSR count). The van der Waals surface area contributed by atoms with Gasteiger partial charge in [-0.3, -0.25) is 4.79 Å². The van der Waals surface area contributed by atoms with Crippen LogP contribution in [0.25, 0.3) is 10.8 Å². The van der Waals surface area contributed by atoms with Gasteiger partial charge in [0.15, 0.2) is 6.61 Å². The van der Waals surface area contributed by atoms with E-state index in [2.05, 4.69) is 10.6 Å². The molecule has 0 aliphatic carbocycles. The predicted octanol–water partition coefficient (Wildman–Crippen LogP) is 5.38. The van der Waals surface area contributed by atoms with Crippen molar-refractivity contribution in [1.29, 1.82) is 0 Å². The molecule has 0 unspecified atom stereocenters. The van der Waals surface area contributed by atoms with Crippen LogP contribution in [0.4, 0.5) is 17.1 Å². The normalized spacial score (nSPS) is 10.4. The molecule has 0 radical (unpaired) electrons. The zero-order chi connectivity index (χ0) is 20.8. The van der Waals surface area contributed by atoms with Crippen LogP contribution >= 0.6 is 0 Å². The number of nitrogens with one attached hydrogen (secondary N) is 2. The summed E-state index contributed by atoms with van der Waals surface area (Å²) in [6.07, 6.45) is 0. The third-order valence-electron chi connectivity index (χ3n) is 4.60. The molecule has 5 heteroatoms. The van der Waals surface area contributed by atoms with Gasteiger partial charge < -0.3 is 15.4 Å². The van der Waals surface area contributed by atoms with Gasteiger partial charge in [-0.15, -0.1) is 0 Å². The maximum atomic E-state index is 12.6. The van der Waals surface area contributed by atoms with Crippen molar-refractivity contribution >= 4 is 39.7 Å². The van der Waals surface area contributed by atoms with Crippen molar-refractivity contribution in [3.8, 4) is 0 Å². The molecule has 2 N–H and O–H groups in total. The van der Waals surface area contributed by atoms with Crippen molar-refractivity contribution in [2.45, 2.75) is 0 Å². The van der Waals surface area contributed by atoms with Gasteiger partial charge in [0.25, 0.3) is 5.91 Å². The number of ether oxygens (including phenoxy) is 1. The summed E-state index contributed by atoms with van der Waals surface area (Å²) < 4.78 is 5.26. The first kappa shape index (κ1) is 19.2. The Labute approximate surface area is 174 Å². The van der Waals surface area contributed by atoms with E-state index in [1.165, 1.54) is 0 Å². The molecule has 0 spiro atoms. The molecule has 0 saturated carbocycles. The number of para-hydroxylation sites is 2. The Kier molecular flexibility index (Phi) is 5.71. The van der Waals surface area contributed by atoms with E-state index in [0.29, 0.717) is 16.9 Å². The van der Waals surface area contributed by atoms with Crippen molar-refractivity contribution in [2.75, 3.05) is 17.2 Å². The molecule has 30 heavy (non-hydrogen) atoms. The predicted molar refractivity (Wildman–Crippen MR) is 119 cm³/mol. The third kappa shape index (κ3) is 4.47. The summed E-state index contributed by atoms with van der Waals surface area (Å²) in [6.45, 7) is -0.373. The van der Waals surface area contributed by atoms with Crippen LogP contribution in [0.3, 0.4) is 0 Å². The van der Waals surface area contributed by atoms with E-state index in [1.807, 2.05) is 78.9 Å². The molecule has 0 aliphatic heterocycles. The van der Waals surface area contributed by atoms with Gasteiger partial charge in [-0.25, -0.2) is 4.79 Å². The smallest absolute Gasteiger partial charge is 0.340 e. The highest BCUT2D eigenvalue weighted by atomic mass is 16.5. The van der Waals surface area contributed by atoms with Gasteiger partial charge in [-0.1, -0.05) is 66.7 Å². The van der Waals surface area contributed by atoms with Crippen molar-refractivity contribution in [1.82, 2.24) is 0 Å². The van der Waals surface area contributed by atoms with Crippen LogP contribution < -0.4 is 10.6 Å². The van der Waals surface area contributed by atoms with Gasteiger partial charge >= 0.3 is 5.97 Å². The van der Waals surface area contributed by atoms with Crippen LogP contribution in [-0.4, -0.2) is 18.5 Å². The van der Waals surface area contributed by atoms with E-state index in [9.17, 15) is 9.59 Å². The molecule has 0 saturated heterocycles. The fraction of sp³-hybridized carbons (Fsp3) is 0.0400. The van der Waals surface area contributed by atoms with Crippen LogP contribution in [0.1, 0.15) is 10.4 Å². The molecule has 148 valence electrons. The molecule has 0 aromatic heterocycles. The average Bonchev–Trinajstić information content (AvgIpc) is 2.79. The lowest BCUT2D eigenvalue weighted by Gasteiger charge is -2.12. The lowest BCUT2D eigenvalue weighted by Crippen LogP contribution is -2.21. The number of hydrogen-bond donors (Lipinski definition) is 2.